The zero-order valence-electron chi connectivity index (χ0n) is 8.92. The Morgan fingerprint density at radius 3 is 2.81 bits per heavy atom. The molecule has 0 aliphatic heterocycles. The normalized spacial score (nSPS) is 11.1. The summed E-state index contributed by atoms with van der Waals surface area (Å²) < 4.78 is 1.94. The molecule has 2 heterocycles. The van der Waals surface area contributed by atoms with Gasteiger partial charge in [0.15, 0.2) is 5.82 Å². The quantitative estimate of drug-likeness (QED) is 0.676. The molecular formula is C12H11N3S. The molecule has 0 aliphatic rings. The van der Waals surface area contributed by atoms with E-state index < -0.39 is 0 Å². The van der Waals surface area contributed by atoms with E-state index in [0.717, 1.165) is 22.8 Å². The van der Waals surface area contributed by atoms with E-state index in [1.807, 2.05) is 34.8 Å². The van der Waals surface area contributed by atoms with Gasteiger partial charge in [-0.15, -0.1) is 16.4 Å². The molecule has 80 valence electrons. The predicted molar refractivity (Wildman–Crippen MR) is 65.7 cm³/mol. The molecule has 16 heavy (non-hydrogen) atoms. The van der Waals surface area contributed by atoms with Crippen molar-refractivity contribution in [3.8, 4) is 11.4 Å². The van der Waals surface area contributed by atoms with Gasteiger partial charge in [-0.25, -0.2) is 4.52 Å². The average Bonchev–Trinajstić information content (AvgIpc) is 2.89. The molecule has 0 N–H and O–H groups in total. The molecule has 3 aromatic rings. The van der Waals surface area contributed by atoms with Gasteiger partial charge in [-0.1, -0.05) is 37.3 Å². The summed E-state index contributed by atoms with van der Waals surface area (Å²) in [6, 6.07) is 10.1. The summed E-state index contributed by atoms with van der Waals surface area (Å²) in [5, 5.41) is 6.64. The van der Waals surface area contributed by atoms with Crippen molar-refractivity contribution in [1.29, 1.82) is 0 Å². The highest BCUT2D eigenvalue weighted by atomic mass is 32.1. The van der Waals surface area contributed by atoms with Crippen molar-refractivity contribution in [2.75, 3.05) is 0 Å². The fraction of sp³-hybridized carbons (Fsp3) is 0.167. The lowest BCUT2D eigenvalue weighted by molar-refractivity contribution is 0.885. The number of aryl methyl sites for hydroxylation is 1. The summed E-state index contributed by atoms with van der Waals surface area (Å²) in [4.78, 5) is 5.49. The zero-order valence-corrected chi connectivity index (χ0v) is 9.74. The molecule has 0 aliphatic carbocycles. The predicted octanol–water partition coefficient (Wildman–Crippen LogP) is 3.02. The number of hydrogen-bond acceptors (Lipinski definition) is 3. The minimum atomic E-state index is 0.808. The number of hydrogen-bond donors (Lipinski definition) is 0. The molecule has 0 atom stereocenters. The maximum absolute atomic E-state index is 4.53. The summed E-state index contributed by atoms with van der Waals surface area (Å²) in [6.07, 6.45) is 0.984. The van der Waals surface area contributed by atoms with Gasteiger partial charge < -0.3 is 0 Å². The van der Waals surface area contributed by atoms with Gasteiger partial charge in [-0.3, -0.25) is 0 Å². The van der Waals surface area contributed by atoms with Gasteiger partial charge in [0.1, 0.15) is 0 Å². The first kappa shape index (κ1) is 9.54. The summed E-state index contributed by atoms with van der Waals surface area (Å²) in [7, 11) is 0. The van der Waals surface area contributed by atoms with Crippen molar-refractivity contribution in [2.45, 2.75) is 13.3 Å². The summed E-state index contributed by atoms with van der Waals surface area (Å²) in [5.74, 6) is 0.808. The standard InChI is InChI=1S/C12H11N3S/c1-2-10-8-16-12-13-11(14-15(10)12)9-6-4-3-5-7-9/h3-8H,2H2,1H3. The Hall–Kier alpha value is -1.68. The van der Waals surface area contributed by atoms with Crippen LogP contribution in [0.2, 0.25) is 0 Å². The van der Waals surface area contributed by atoms with Crippen molar-refractivity contribution in [2.24, 2.45) is 0 Å². The number of rotatable bonds is 2. The van der Waals surface area contributed by atoms with E-state index in [9.17, 15) is 0 Å². The van der Waals surface area contributed by atoms with Crippen LogP contribution in [-0.2, 0) is 6.42 Å². The van der Waals surface area contributed by atoms with E-state index in [2.05, 4.69) is 22.4 Å². The zero-order chi connectivity index (χ0) is 11.0. The lowest BCUT2D eigenvalue weighted by Crippen LogP contribution is -1.90. The van der Waals surface area contributed by atoms with Crippen molar-refractivity contribution in [1.82, 2.24) is 14.6 Å². The van der Waals surface area contributed by atoms with Gasteiger partial charge >= 0.3 is 0 Å². The lowest BCUT2D eigenvalue weighted by Gasteiger charge is -1.93. The van der Waals surface area contributed by atoms with Crippen LogP contribution < -0.4 is 0 Å². The third kappa shape index (κ3) is 1.42. The lowest BCUT2D eigenvalue weighted by atomic mass is 10.2. The fourth-order valence-electron chi connectivity index (χ4n) is 1.67. The molecule has 0 bridgehead atoms. The van der Waals surface area contributed by atoms with Gasteiger partial charge in [-0.2, -0.15) is 4.98 Å². The highest BCUT2D eigenvalue weighted by Gasteiger charge is 2.09. The fourth-order valence-corrected chi connectivity index (χ4v) is 2.58. The summed E-state index contributed by atoms with van der Waals surface area (Å²) in [6.45, 7) is 2.13. The van der Waals surface area contributed by atoms with E-state index in [0.29, 0.717) is 0 Å². The van der Waals surface area contributed by atoms with Gasteiger partial charge in [0, 0.05) is 10.9 Å². The van der Waals surface area contributed by atoms with Crippen molar-refractivity contribution in [3.05, 3.63) is 41.4 Å². The van der Waals surface area contributed by atoms with Crippen LogP contribution in [0, 0.1) is 0 Å². The second-order valence-electron chi connectivity index (χ2n) is 3.58. The van der Waals surface area contributed by atoms with Crippen molar-refractivity contribution >= 4 is 16.3 Å². The molecule has 0 radical (unpaired) electrons. The van der Waals surface area contributed by atoms with Crippen LogP contribution in [0.15, 0.2) is 35.7 Å². The minimum absolute atomic E-state index is 0.808. The molecule has 1 aromatic carbocycles. The Bertz CT molecular complexity index is 610. The van der Waals surface area contributed by atoms with Gasteiger partial charge in [0.25, 0.3) is 0 Å². The first-order valence-corrected chi connectivity index (χ1v) is 6.15. The van der Waals surface area contributed by atoms with Crippen LogP contribution in [0.3, 0.4) is 0 Å². The Morgan fingerprint density at radius 2 is 2.06 bits per heavy atom. The summed E-state index contributed by atoms with van der Waals surface area (Å²) in [5.41, 5.74) is 2.29. The van der Waals surface area contributed by atoms with E-state index in [4.69, 9.17) is 0 Å². The molecular weight excluding hydrogens is 218 g/mol. The molecule has 4 heteroatoms. The molecule has 2 aromatic heterocycles. The van der Waals surface area contributed by atoms with Gasteiger partial charge in [0.2, 0.25) is 4.96 Å². The number of aromatic nitrogens is 3. The molecule has 3 nitrogen and oxygen atoms in total. The molecule has 0 unspecified atom stereocenters. The van der Waals surface area contributed by atoms with Crippen molar-refractivity contribution in [3.63, 3.8) is 0 Å². The van der Waals surface area contributed by atoms with Crippen LogP contribution in [0.25, 0.3) is 16.3 Å². The summed E-state index contributed by atoms with van der Waals surface area (Å²) >= 11 is 1.64. The average molecular weight is 229 g/mol. The van der Waals surface area contributed by atoms with Crippen LogP contribution >= 0.6 is 11.3 Å². The van der Waals surface area contributed by atoms with E-state index >= 15 is 0 Å². The third-order valence-corrected chi connectivity index (χ3v) is 3.41. The molecule has 0 spiro atoms. The van der Waals surface area contributed by atoms with E-state index in [1.54, 1.807) is 11.3 Å². The van der Waals surface area contributed by atoms with Crippen LogP contribution in [0.5, 0.6) is 0 Å². The van der Waals surface area contributed by atoms with Crippen LogP contribution in [0.1, 0.15) is 12.6 Å². The first-order valence-electron chi connectivity index (χ1n) is 5.27. The number of nitrogens with zero attached hydrogens (tertiary/aromatic N) is 3. The maximum Gasteiger partial charge on any atom is 0.212 e. The highest BCUT2D eigenvalue weighted by Crippen LogP contribution is 2.20. The molecule has 3 rings (SSSR count). The van der Waals surface area contributed by atoms with Gasteiger partial charge in [0.05, 0.1) is 5.69 Å². The minimum Gasteiger partial charge on any atom is -0.207 e. The maximum atomic E-state index is 4.53. The largest absolute Gasteiger partial charge is 0.212 e. The Balaban J connectivity index is 2.16. The van der Waals surface area contributed by atoms with E-state index in [1.165, 1.54) is 5.69 Å². The third-order valence-electron chi connectivity index (χ3n) is 2.54. The molecule has 0 saturated carbocycles. The monoisotopic (exact) mass is 229 g/mol. The SMILES string of the molecule is CCc1csc2nc(-c3ccccc3)nn12. The number of fused-ring (bicyclic) bond motifs is 1. The molecule has 0 amide bonds. The molecule has 0 saturated heterocycles. The van der Waals surface area contributed by atoms with E-state index in [-0.39, 0.29) is 0 Å². The Labute approximate surface area is 97.4 Å². The number of benzene rings is 1. The first-order chi connectivity index (χ1) is 7.88. The van der Waals surface area contributed by atoms with Crippen LogP contribution in [0.4, 0.5) is 0 Å². The van der Waals surface area contributed by atoms with Crippen molar-refractivity contribution < 1.29 is 0 Å². The highest BCUT2D eigenvalue weighted by molar-refractivity contribution is 7.15. The molecule has 0 fully saturated rings. The Kier molecular flexibility index (Phi) is 2.22. The second kappa shape index (κ2) is 3.72. The number of thiazole rings is 1. The topological polar surface area (TPSA) is 30.2 Å². The Morgan fingerprint density at radius 1 is 1.25 bits per heavy atom. The van der Waals surface area contributed by atoms with Crippen LogP contribution in [-0.4, -0.2) is 14.6 Å². The van der Waals surface area contributed by atoms with Gasteiger partial charge in [-0.05, 0) is 6.42 Å². The smallest absolute Gasteiger partial charge is 0.207 e. The second-order valence-corrected chi connectivity index (χ2v) is 4.41.